The lowest BCUT2D eigenvalue weighted by Gasteiger charge is -2.21. The van der Waals surface area contributed by atoms with Crippen LogP contribution in [-0.4, -0.2) is 51.9 Å². The van der Waals surface area contributed by atoms with E-state index >= 15 is 0 Å². The summed E-state index contributed by atoms with van der Waals surface area (Å²) < 4.78 is 21.1. The zero-order chi connectivity index (χ0) is 25.2. The molecule has 0 bridgehead atoms. The van der Waals surface area contributed by atoms with Gasteiger partial charge in [0, 0.05) is 23.1 Å². The summed E-state index contributed by atoms with van der Waals surface area (Å²) >= 11 is 1.34. The van der Waals surface area contributed by atoms with Crippen molar-refractivity contribution in [1.82, 2.24) is 9.69 Å². The molecule has 35 heavy (non-hydrogen) atoms. The number of nitrogens with two attached hydrogens (primary N) is 1. The number of amides is 2. The first kappa shape index (κ1) is 26.3. The Morgan fingerprint density at radius 3 is 2.37 bits per heavy atom. The lowest BCUT2D eigenvalue weighted by atomic mass is 10.0. The minimum Gasteiger partial charge on any atom is -0.493 e. The van der Waals surface area contributed by atoms with Gasteiger partial charge in [0.1, 0.15) is 0 Å². The van der Waals surface area contributed by atoms with Crippen LogP contribution in [0.3, 0.4) is 0 Å². The summed E-state index contributed by atoms with van der Waals surface area (Å²) in [6.07, 6.45) is 2.77. The molecule has 2 amide bonds. The number of unbranched alkanes of at least 4 members (excludes halogenated alkanes) is 2. The number of hydroxylamine groups is 1. The first-order valence-corrected chi connectivity index (χ1v) is 12.1. The molecule has 0 atom stereocenters. The van der Waals surface area contributed by atoms with E-state index in [4.69, 9.17) is 24.8 Å². The molecule has 0 aliphatic heterocycles. The summed E-state index contributed by atoms with van der Waals surface area (Å²) in [7, 11) is 6.19. The van der Waals surface area contributed by atoms with E-state index in [9.17, 15) is 4.79 Å². The van der Waals surface area contributed by atoms with Gasteiger partial charge in [-0.15, -0.1) is 0 Å². The molecule has 1 heterocycles. The number of nitrogens with zero attached hydrogens (tertiary/aromatic N) is 2. The van der Waals surface area contributed by atoms with Crippen LogP contribution in [0.4, 0.5) is 10.5 Å². The Balaban J connectivity index is 1.89. The van der Waals surface area contributed by atoms with E-state index in [0.717, 1.165) is 41.6 Å². The number of hydrogen-bond acceptors (Lipinski definition) is 8. The maximum Gasteiger partial charge on any atom is 0.346 e. The van der Waals surface area contributed by atoms with Crippen LogP contribution in [0.2, 0.25) is 0 Å². The number of carbonyl (C=O) groups excluding carboxylic acids is 1. The van der Waals surface area contributed by atoms with E-state index < -0.39 is 0 Å². The van der Waals surface area contributed by atoms with Gasteiger partial charge in [-0.1, -0.05) is 18.6 Å². The number of anilines is 1. The molecule has 0 unspecified atom stereocenters. The maximum atomic E-state index is 12.7. The van der Waals surface area contributed by atoms with Crippen molar-refractivity contribution in [2.45, 2.75) is 19.3 Å². The van der Waals surface area contributed by atoms with Crippen molar-refractivity contribution in [1.29, 1.82) is 0 Å². The molecule has 3 N–H and O–H groups in total. The number of benzene rings is 2. The Bertz CT molecular complexity index is 1100. The van der Waals surface area contributed by atoms with E-state index in [0.29, 0.717) is 36.0 Å². The fourth-order valence-electron chi connectivity index (χ4n) is 3.69. The SMILES string of the molecule is COc1cc(-c2nscc2-c2cccc(N(OC)C(=O)NCCCCCN)c2)cc(OC)c1OC. The second-order valence-electron chi connectivity index (χ2n) is 7.60. The third-order valence-corrected chi connectivity index (χ3v) is 6.05. The quantitative estimate of drug-likeness (QED) is 0.274. The lowest BCUT2D eigenvalue weighted by molar-refractivity contribution is 0.163. The van der Waals surface area contributed by atoms with Crippen molar-refractivity contribution >= 4 is 23.3 Å². The molecule has 3 rings (SSSR count). The molecule has 0 aliphatic carbocycles. The van der Waals surface area contributed by atoms with E-state index in [1.54, 1.807) is 21.3 Å². The first-order chi connectivity index (χ1) is 17.1. The zero-order valence-electron chi connectivity index (χ0n) is 20.5. The van der Waals surface area contributed by atoms with Crippen LogP contribution in [0, 0.1) is 0 Å². The van der Waals surface area contributed by atoms with Crippen LogP contribution in [0.5, 0.6) is 17.2 Å². The zero-order valence-corrected chi connectivity index (χ0v) is 21.3. The van der Waals surface area contributed by atoms with Gasteiger partial charge < -0.3 is 25.3 Å². The van der Waals surface area contributed by atoms with Crippen LogP contribution >= 0.6 is 11.5 Å². The Hall–Kier alpha value is -3.34. The molecule has 0 aliphatic rings. The molecule has 3 aromatic rings. The van der Waals surface area contributed by atoms with Gasteiger partial charge in [0.15, 0.2) is 11.5 Å². The summed E-state index contributed by atoms with van der Waals surface area (Å²) in [5.41, 5.74) is 9.50. The van der Waals surface area contributed by atoms with Crippen LogP contribution < -0.4 is 30.3 Å². The Labute approximate surface area is 209 Å². The van der Waals surface area contributed by atoms with Crippen molar-refractivity contribution in [3.05, 3.63) is 41.8 Å². The summed E-state index contributed by atoms with van der Waals surface area (Å²) in [5, 5.41) is 6.10. The van der Waals surface area contributed by atoms with Crippen LogP contribution in [-0.2, 0) is 4.84 Å². The Kier molecular flexibility index (Phi) is 9.71. The van der Waals surface area contributed by atoms with Gasteiger partial charge >= 0.3 is 6.03 Å². The molecule has 188 valence electrons. The Morgan fingerprint density at radius 1 is 1.00 bits per heavy atom. The molecule has 0 spiro atoms. The molecule has 0 saturated carbocycles. The van der Waals surface area contributed by atoms with E-state index in [1.807, 2.05) is 41.8 Å². The van der Waals surface area contributed by atoms with Gasteiger partial charge in [-0.2, -0.15) is 9.44 Å². The van der Waals surface area contributed by atoms with Gasteiger partial charge in [0.2, 0.25) is 5.75 Å². The van der Waals surface area contributed by atoms with Gasteiger partial charge in [-0.25, -0.2) is 4.79 Å². The molecular formula is C25H32N4O5S. The third-order valence-electron chi connectivity index (χ3n) is 5.42. The molecule has 1 aromatic heterocycles. The Morgan fingerprint density at radius 2 is 1.74 bits per heavy atom. The van der Waals surface area contributed by atoms with Crippen molar-refractivity contribution < 1.29 is 23.8 Å². The average molecular weight is 501 g/mol. The van der Waals surface area contributed by atoms with Crippen LogP contribution in [0.15, 0.2) is 41.8 Å². The number of rotatable bonds is 12. The highest BCUT2D eigenvalue weighted by Gasteiger charge is 2.20. The first-order valence-electron chi connectivity index (χ1n) is 11.2. The van der Waals surface area contributed by atoms with Gasteiger partial charge in [0.05, 0.1) is 39.8 Å². The highest BCUT2D eigenvalue weighted by atomic mass is 32.1. The van der Waals surface area contributed by atoms with E-state index in [2.05, 4.69) is 9.69 Å². The minimum absolute atomic E-state index is 0.328. The number of ether oxygens (including phenoxy) is 3. The third kappa shape index (κ3) is 6.21. The highest BCUT2D eigenvalue weighted by molar-refractivity contribution is 7.04. The predicted molar refractivity (Wildman–Crippen MR) is 138 cm³/mol. The standard InChI is InChI=1S/C25H32N4O5S/c1-31-21-14-18(15-22(32-2)24(21)33-3)23-20(16-35-28-23)17-9-8-10-19(13-17)29(34-4)25(30)27-12-7-5-6-11-26/h8-10,13-16H,5-7,11-12,26H2,1-4H3,(H,27,30). The van der Waals surface area contributed by atoms with Crippen molar-refractivity contribution in [3.63, 3.8) is 0 Å². The summed E-state index contributed by atoms with van der Waals surface area (Å²) in [5.74, 6) is 1.61. The number of aromatic nitrogens is 1. The topological polar surface area (TPSA) is 108 Å². The van der Waals surface area contributed by atoms with Crippen molar-refractivity contribution in [2.75, 3.05) is 46.6 Å². The molecular weight excluding hydrogens is 468 g/mol. The van der Waals surface area contributed by atoms with E-state index in [1.165, 1.54) is 23.7 Å². The number of hydrogen-bond donors (Lipinski definition) is 2. The molecule has 2 aromatic carbocycles. The number of nitrogens with one attached hydrogen (secondary N) is 1. The van der Waals surface area contributed by atoms with Crippen LogP contribution in [0.1, 0.15) is 19.3 Å². The number of carbonyl (C=O) groups is 1. The van der Waals surface area contributed by atoms with Gasteiger partial charge in [-0.05, 0) is 60.7 Å². The normalized spacial score (nSPS) is 10.7. The van der Waals surface area contributed by atoms with E-state index in [-0.39, 0.29) is 6.03 Å². The van der Waals surface area contributed by atoms with Gasteiger partial charge in [0.25, 0.3) is 0 Å². The lowest BCUT2D eigenvalue weighted by Crippen LogP contribution is -2.39. The van der Waals surface area contributed by atoms with Crippen LogP contribution in [0.25, 0.3) is 22.4 Å². The van der Waals surface area contributed by atoms with Crippen molar-refractivity contribution in [3.8, 4) is 39.6 Å². The molecule has 0 saturated heterocycles. The fraction of sp³-hybridized carbons (Fsp3) is 0.360. The molecule has 0 fully saturated rings. The summed E-state index contributed by atoms with van der Waals surface area (Å²) in [6.45, 7) is 1.21. The largest absolute Gasteiger partial charge is 0.493 e. The second-order valence-corrected chi connectivity index (χ2v) is 8.23. The molecule has 0 radical (unpaired) electrons. The fourth-order valence-corrected chi connectivity index (χ4v) is 4.40. The minimum atomic E-state index is -0.328. The summed E-state index contributed by atoms with van der Waals surface area (Å²) in [4.78, 5) is 18.1. The smallest absolute Gasteiger partial charge is 0.346 e. The predicted octanol–water partition coefficient (Wildman–Crippen LogP) is 4.71. The average Bonchev–Trinajstić information content (AvgIpc) is 3.38. The number of methoxy groups -OCH3 is 3. The monoisotopic (exact) mass is 500 g/mol. The second kappa shape index (κ2) is 12.9. The van der Waals surface area contributed by atoms with Crippen molar-refractivity contribution in [2.24, 2.45) is 5.73 Å². The maximum absolute atomic E-state index is 12.7. The highest BCUT2D eigenvalue weighted by Crippen LogP contribution is 2.43. The van der Waals surface area contributed by atoms with Gasteiger partial charge in [-0.3, -0.25) is 4.84 Å². The molecule has 9 nitrogen and oxygen atoms in total. The molecule has 10 heteroatoms. The summed E-state index contributed by atoms with van der Waals surface area (Å²) in [6, 6.07) is 11.0. The number of urea groups is 1.